The summed E-state index contributed by atoms with van der Waals surface area (Å²) in [5.41, 5.74) is -2.89. The summed E-state index contributed by atoms with van der Waals surface area (Å²) in [7, 11) is 0. The van der Waals surface area contributed by atoms with E-state index in [2.05, 4.69) is 0 Å². The number of aromatic nitrogens is 2. The number of aromatic carboxylic acids is 1. The van der Waals surface area contributed by atoms with E-state index >= 15 is 0 Å². The Kier molecular flexibility index (Phi) is 6.04. The molecule has 0 radical (unpaired) electrons. The first kappa shape index (κ1) is 24.3. The van der Waals surface area contributed by atoms with Gasteiger partial charge in [0, 0.05) is 31.2 Å². The summed E-state index contributed by atoms with van der Waals surface area (Å²) in [6.45, 7) is 0.711. The molecule has 1 unspecified atom stereocenters. The van der Waals surface area contributed by atoms with E-state index in [4.69, 9.17) is 0 Å². The number of hydrogen-bond donors (Lipinski definition) is 1. The largest absolute Gasteiger partial charge is 0.477 e. The number of fused-ring (bicyclic) bond motifs is 1. The maximum atomic E-state index is 13.6. The van der Waals surface area contributed by atoms with Gasteiger partial charge in [-0.05, 0) is 62.1 Å². The van der Waals surface area contributed by atoms with Crippen LogP contribution in [0.15, 0.2) is 34.0 Å². The molecule has 2 fully saturated rings. The van der Waals surface area contributed by atoms with E-state index < -0.39 is 40.6 Å². The van der Waals surface area contributed by atoms with Crippen molar-refractivity contribution in [3.8, 4) is 0 Å². The van der Waals surface area contributed by atoms with E-state index in [1.165, 1.54) is 16.7 Å². The number of amides is 1. The van der Waals surface area contributed by atoms with Crippen molar-refractivity contribution in [3.63, 3.8) is 0 Å². The van der Waals surface area contributed by atoms with Crippen LogP contribution in [-0.2, 0) is 17.4 Å². The molecule has 36 heavy (non-hydrogen) atoms. The van der Waals surface area contributed by atoms with Crippen LogP contribution < -0.4 is 11.2 Å². The van der Waals surface area contributed by atoms with E-state index in [1.807, 2.05) is 4.90 Å². The molecule has 1 amide bonds. The summed E-state index contributed by atoms with van der Waals surface area (Å²) in [5.74, 6) is -1.38. The summed E-state index contributed by atoms with van der Waals surface area (Å²) >= 11 is 0. The van der Waals surface area contributed by atoms with Gasteiger partial charge in [-0.3, -0.25) is 18.7 Å². The van der Waals surface area contributed by atoms with Gasteiger partial charge in [0.05, 0.1) is 11.6 Å². The minimum atomic E-state index is -4.58. The van der Waals surface area contributed by atoms with Crippen molar-refractivity contribution in [2.45, 2.75) is 75.7 Å². The number of benzene rings is 1. The van der Waals surface area contributed by atoms with Crippen molar-refractivity contribution in [2.24, 2.45) is 0 Å². The first-order valence-corrected chi connectivity index (χ1v) is 12.2. The number of carbonyl (C=O) groups is 2. The molecule has 2 aromatic rings. The Bertz CT molecular complexity index is 1340. The summed E-state index contributed by atoms with van der Waals surface area (Å²) in [4.78, 5) is 52.6. The van der Waals surface area contributed by atoms with Crippen molar-refractivity contribution in [3.05, 3.63) is 67.5 Å². The van der Waals surface area contributed by atoms with Gasteiger partial charge in [0.1, 0.15) is 5.56 Å². The monoisotopic (exact) mass is 505 g/mol. The van der Waals surface area contributed by atoms with Crippen LogP contribution in [0.25, 0.3) is 0 Å². The Morgan fingerprint density at radius 3 is 2.28 bits per heavy atom. The maximum absolute atomic E-state index is 13.6. The molecule has 1 N–H and O–H groups in total. The lowest BCUT2D eigenvalue weighted by atomic mass is 9.90. The Morgan fingerprint density at radius 1 is 0.972 bits per heavy atom. The highest BCUT2D eigenvalue weighted by Crippen LogP contribution is 2.41. The predicted octanol–water partition coefficient (Wildman–Crippen LogP) is 3.37. The molecule has 11 heteroatoms. The third kappa shape index (κ3) is 4.04. The smallest absolute Gasteiger partial charge is 0.416 e. The lowest BCUT2D eigenvalue weighted by Crippen LogP contribution is -2.46. The molecule has 2 heterocycles. The number of carboxylic acid groups (broad SMARTS) is 1. The Labute approximate surface area is 204 Å². The number of nitrogens with zero attached hydrogens (tertiary/aromatic N) is 3. The topological polar surface area (TPSA) is 102 Å². The average molecular weight is 505 g/mol. The van der Waals surface area contributed by atoms with Gasteiger partial charge in [-0.15, -0.1) is 0 Å². The van der Waals surface area contributed by atoms with E-state index in [9.17, 15) is 37.5 Å². The van der Waals surface area contributed by atoms with E-state index in [-0.39, 0.29) is 42.0 Å². The Morgan fingerprint density at radius 2 is 1.67 bits per heavy atom. The highest BCUT2D eigenvalue weighted by atomic mass is 19.4. The summed E-state index contributed by atoms with van der Waals surface area (Å²) < 4.78 is 42.7. The number of carbonyl (C=O) groups excluding carboxylic acids is 1. The van der Waals surface area contributed by atoms with Crippen LogP contribution in [0, 0.1) is 0 Å². The SMILES string of the molecule is O=C(O)c1cn([C@H]2CC[C@H](N3CCCC3=O)CC2)c(=O)n(C2CCc3c2cccc3C(F)(F)F)c1=O. The van der Waals surface area contributed by atoms with Gasteiger partial charge in [-0.2, -0.15) is 13.2 Å². The van der Waals surface area contributed by atoms with Crippen LogP contribution in [0.2, 0.25) is 0 Å². The average Bonchev–Trinajstić information content (AvgIpc) is 3.45. The Balaban J connectivity index is 1.53. The van der Waals surface area contributed by atoms with Crippen LogP contribution >= 0.6 is 0 Å². The second-order valence-electron chi connectivity index (χ2n) is 9.79. The van der Waals surface area contributed by atoms with Crippen LogP contribution in [0.5, 0.6) is 0 Å². The standard InChI is InChI=1S/C25H26F3N3O5/c26-25(27,28)19-4-1-3-17-16(19)10-11-20(17)31-22(33)18(23(34)35)13-30(24(31)36)15-8-6-14(7-9-15)29-12-2-5-21(29)32/h1,3-4,13-15,20H,2,5-12H2,(H,34,35)/t14-,15-,20?. The van der Waals surface area contributed by atoms with Crippen LogP contribution in [-0.4, -0.2) is 43.6 Å². The van der Waals surface area contributed by atoms with Gasteiger partial charge in [-0.25, -0.2) is 9.59 Å². The highest BCUT2D eigenvalue weighted by molar-refractivity contribution is 5.86. The molecular weight excluding hydrogens is 479 g/mol. The van der Waals surface area contributed by atoms with Crippen molar-refractivity contribution < 1.29 is 27.9 Å². The molecule has 1 atom stereocenters. The van der Waals surface area contributed by atoms with Gasteiger partial charge >= 0.3 is 17.8 Å². The summed E-state index contributed by atoms with van der Waals surface area (Å²) in [6.07, 6.45) is 0.280. The molecule has 1 aromatic heterocycles. The number of alkyl halides is 3. The van der Waals surface area contributed by atoms with Crippen molar-refractivity contribution in [2.75, 3.05) is 6.54 Å². The quantitative estimate of drug-likeness (QED) is 0.687. The minimum Gasteiger partial charge on any atom is -0.477 e. The zero-order chi connectivity index (χ0) is 25.8. The lowest BCUT2D eigenvalue weighted by Gasteiger charge is -2.35. The van der Waals surface area contributed by atoms with Gasteiger partial charge in [-0.1, -0.05) is 12.1 Å². The van der Waals surface area contributed by atoms with Gasteiger partial charge in [0.2, 0.25) is 5.91 Å². The molecule has 1 saturated heterocycles. The summed E-state index contributed by atoms with van der Waals surface area (Å²) in [6, 6.07) is 2.39. The highest BCUT2D eigenvalue weighted by Gasteiger charge is 2.39. The molecule has 0 bridgehead atoms. The van der Waals surface area contributed by atoms with Crippen LogP contribution in [0.1, 0.15) is 84.1 Å². The van der Waals surface area contributed by atoms with Gasteiger partial charge < -0.3 is 10.0 Å². The van der Waals surface area contributed by atoms with Crippen LogP contribution in [0.3, 0.4) is 0 Å². The van der Waals surface area contributed by atoms with E-state index in [0.717, 1.165) is 23.3 Å². The first-order valence-electron chi connectivity index (χ1n) is 12.2. The van der Waals surface area contributed by atoms with Gasteiger partial charge in [0.25, 0.3) is 5.56 Å². The first-order chi connectivity index (χ1) is 17.1. The third-order valence-corrected chi connectivity index (χ3v) is 7.84. The second kappa shape index (κ2) is 8.94. The lowest BCUT2D eigenvalue weighted by molar-refractivity contribution is -0.138. The van der Waals surface area contributed by atoms with Crippen molar-refractivity contribution >= 4 is 11.9 Å². The molecule has 1 saturated carbocycles. The number of likely N-dealkylation sites (tertiary alicyclic amines) is 1. The second-order valence-corrected chi connectivity index (χ2v) is 9.79. The molecule has 1 aromatic carbocycles. The molecule has 3 aliphatic rings. The third-order valence-electron chi connectivity index (χ3n) is 7.84. The zero-order valence-electron chi connectivity index (χ0n) is 19.5. The minimum absolute atomic E-state index is 0.0217. The molecule has 192 valence electrons. The van der Waals surface area contributed by atoms with E-state index in [0.29, 0.717) is 38.6 Å². The fourth-order valence-corrected chi connectivity index (χ4v) is 6.14. The van der Waals surface area contributed by atoms with Gasteiger partial charge in [0.15, 0.2) is 0 Å². The molecule has 8 nitrogen and oxygen atoms in total. The fourth-order valence-electron chi connectivity index (χ4n) is 6.14. The number of carboxylic acids is 1. The number of hydrogen-bond acceptors (Lipinski definition) is 4. The Hall–Kier alpha value is -3.37. The number of halogens is 3. The molecule has 5 rings (SSSR count). The maximum Gasteiger partial charge on any atom is 0.416 e. The normalized spacial score (nSPS) is 24.2. The predicted molar refractivity (Wildman–Crippen MR) is 122 cm³/mol. The number of rotatable bonds is 4. The fraction of sp³-hybridized carbons (Fsp3) is 0.520. The van der Waals surface area contributed by atoms with Crippen molar-refractivity contribution in [1.29, 1.82) is 0 Å². The molecule has 0 spiro atoms. The zero-order valence-corrected chi connectivity index (χ0v) is 19.5. The van der Waals surface area contributed by atoms with Crippen LogP contribution in [0.4, 0.5) is 13.2 Å². The molecular formula is C25H26F3N3O5. The molecule has 2 aliphatic carbocycles. The van der Waals surface area contributed by atoms with Crippen molar-refractivity contribution in [1.82, 2.24) is 14.0 Å². The summed E-state index contributed by atoms with van der Waals surface area (Å²) in [5, 5.41) is 9.69. The molecule has 1 aliphatic heterocycles. The van der Waals surface area contributed by atoms with E-state index in [1.54, 1.807) is 0 Å².